The summed E-state index contributed by atoms with van der Waals surface area (Å²) in [5.74, 6) is 6.15. The molecule has 6 heteroatoms. The number of rotatable bonds is 6. The fraction of sp³-hybridized carbons (Fsp3) is 0.318. The number of hydrogen-bond acceptors (Lipinski definition) is 4. The Labute approximate surface area is 174 Å². The van der Waals surface area contributed by atoms with E-state index in [0.717, 1.165) is 47.0 Å². The van der Waals surface area contributed by atoms with E-state index in [4.69, 9.17) is 10.6 Å². The molecule has 1 fully saturated rings. The summed E-state index contributed by atoms with van der Waals surface area (Å²) in [6, 6.07) is 13.9. The van der Waals surface area contributed by atoms with Crippen molar-refractivity contribution in [3.8, 4) is 5.75 Å². The quantitative estimate of drug-likeness (QED) is 0.503. The van der Waals surface area contributed by atoms with Gasteiger partial charge in [-0.3, -0.25) is 10.6 Å². The van der Waals surface area contributed by atoms with E-state index in [9.17, 15) is 4.79 Å². The minimum Gasteiger partial charge on any atom is -0.496 e. The van der Waals surface area contributed by atoms with Crippen LogP contribution in [-0.4, -0.2) is 24.5 Å². The molecule has 2 aromatic carbocycles. The van der Waals surface area contributed by atoms with Gasteiger partial charge in [-0.2, -0.15) is 0 Å². The largest absolute Gasteiger partial charge is 0.496 e. The number of methoxy groups -OCH3 is 1. The van der Waals surface area contributed by atoms with Crippen molar-refractivity contribution in [1.29, 1.82) is 0 Å². The topological polar surface area (TPSA) is 67.6 Å². The van der Waals surface area contributed by atoms with Crippen LogP contribution in [0.3, 0.4) is 0 Å². The predicted octanol–water partition coefficient (Wildman–Crippen LogP) is 4.65. The van der Waals surface area contributed by atoms with E-state index < -0.39 is 0 Å². The summed E-state index contributed by atoms with van der Waals surface area (Å²) in [5.41, 5.74) is 6.34. The molecule has 28 heavy (non-hydrogen) atoms. The third kappa shape index (κ3) is 4.23. The van der Waals surface area contributed by atoms with E-state index in [2.05, 4.69) is 40.4 Å². The Balaban J connectivity index is 1.90. The lowest BCUT2D eigenvalue weighted by molar-refractivity contribution is 0.0735. The molecule has 1 amide bonds. The van der Waals surface area contributed by atoms with Crippen LogP contribution in [0.15, 0.2) is 53.1 Å². The highest BCUT2D eigenvalue weighted by Crippen LogP contribution is 2.35. The highest BCUT2D eigenvalue weighted by molar-refractivity contribution is 9.10. The fourth-order valence-electron chi connectivity index (χ4n) is 3.80. The van der Waals surface area contributed by atoms with Gasteiger partial charge in [0.2, 0.25) is 0 Å². The number of nitrogens with two attached hydrogens (primary N) is 1. The van der Waals surface area contributed by atoms with Gasteiger partial charge in [-0.05, 0) is 54.7 Å². The van der Waals surface area contributed by atoms with Gasteiger partial charge in [0.25, 0.3) is 5.91 Å². The van der Waals surface area contributed by atoms with Crippen molar-refractivity contribution < 1.29 is 9.53 Å². The van der Waals surface area contributed by atoms with E-state index in [-0.39, 0.29) is 11.9 Å². The molecule has 5 nitrogen and oxygen atoms in total. The number of benzene rings is 2. The summed E-state index contributed by atoms with van der Waals surface area (Å²) in [6.45, 7) is 2.81. The molecule has 1 heterocycles. The predicted molar refractivity (Wildman–Crippen MR) is 116 cm³/mol. The lowest BCUT2D eigenvalue weighted by atomic mass is 10.00. The maximum atomic E-state index is 13.3. The third-order valence-corrected chi connectivity index (χ3v) is 5.67. The molecule has 3 N–H and O–H groups in total. The van der Waals surface area contributed by atoms with Crippen LogP contribution in [0, 0.1) is 0 Å². The number of hydrazine groups is 1. The van der Waals surface area contributed by atoms with Crippen molar-refractivity contribution >= 4 is 27.4 Å². The standard InChI is InChI=1S/C22H26BrN3O2/c1-3-15(14-25-24)19-10-9-17(13-21(19)28-2)22(27)26-11-5-8-20(26)16-6-4-7-18(23)12-16/h4,6-7,9-10,12-14,20,25H,3,5,8,11,24H2,1-2H3/b15-14+. The first-order chi connectivity index (χ1) is 13.6. The molecular formula is C22H26BrN3O2. The summed E-state index contributed by atoms with van der Waals surface area (Å²) in [6.07, 6.45) is 4.53. The van der Waals surface area contributed by atoms with E-state index in [0.29, 0.717) is 11.3 Å². The first kappa shape index (κ1) is 20.4. The van der Waals surface area contributed by atoms with Crippen molar-refractivity contribution in [3.05, 3.63) is 69.8 Å². The van der Waals surface area contributed by atoms with E-state index >= 15 is 0 Å². The van der Waals surface area contributed by atoms with Crippen molar-refractivity contribution in [2.75, 3.05) is 13.7 Å². The summed E-state index contributed by atoms with van der Waals surface area (Å²) in [5, 5.41) is 0. The van der Waals surface area contributed by atoms with Gasteiger partial charge in [-0.15, -0.1) is 0 Å². The second-order valence-electron chi connectivity index (χ2n) is 6.82. The van der Waals surface area contributed by atoms with Gasteiger partial charge in [0.15, 0.2) is 0 Å². The first-order valence-electron chi connectivity index (χ1n) is 9.49. The van der Waals surface area contributed by atoms with Crippen LogP contribution in [0.2, 0.25) is 0 Å². The highest BCUT2D eigenvalue weighted by Gasteiger charge is 2.31. The monoisotopic (exact) mass is 443 g/mol. The van der Waals surface area contributed by atoms with Gasteiger partial charge in [-0.1, -0.05) is 41.1 Å². The Morgan fingerprint density at radius 2 is 2.18 bits per heavy atom. The van der Waals surface area contributed by atoms with Crippen molar-refractivity contribution in [3.63, 3.8) is 0 Å². The molecule has 1 aliphatic heterocycles. The number of likely N-dealkylation sites (tertiary alicyclic amines) is 1. The summed E-state index contributed by atoms with van der Waals surface area (Å²) in [4.78, 5) is 15.2. The van der Waals surface area contributed by atoms with Gasteiger partial charge in [-0.25, -0.2) is 0 Å². The molecule has 0 radical (unpaired) electrons. The number of amides is 1. The zero-order valence-corrected chi connectivity index (χ0v) is 17.8. The van der Waals surface area contributed by atoms with Gasteiger partial charge in [0.05, 0.1) is 13.2 Å². The number of halogens is 1. The summed E-state index contributed by atoms with van der Waals surface area (Å²) >= 11 is 3.53. The number of carbonyl (C=O) groups is 1. The summed E-state index contributed by atoms with van der Waals surface area (Å²) in [7, 11) is 1.62. The number of hydrogen-bond donors (Lipinski definition) is 2. The molecule has 0 bridgehead atoms. The molecule has 1 atom stereocenters. The Morgan fingerprint density at radius 1 is 1.36 bits per heavy atom. The molecule has 0 aromatic heterocycles. The Morgan fingerprint density at radius 3 is 2.86 bits per heavy atom. The molecule has 0 spiro atoms. The smallest absolute Gasteiger partial charge is 0.254 e. The van der Waals surface area contributed by atoms with Crippen molar-refractivity contribution in [2.24, 2.45) is 5.84 Å². The molecular weight excluding hydrogens is 418 g/mol. The number of nitrogens with one attached hydrogen (secondary N) is 1. The zero-order chi connectivity index (χ0) is 20.1. The second-order valence-corrected chi connectivity index (χ2v) is 7.73. The number of allylic oxidation sites excluding steroid dienone is 1. The Bertz CT molecular complexity index is 882. The zero-order valence-electron chi connectivity index (χ0n) is 16.2. The summed E-state index contributed by atoms with van der Waals surface area (Å²) < 4.78 is 6.60. The third-order valence-electron chi connectivity index (χ3n) is 5.18. The lowest BCUT2D eigenvalue weighted by Gasteiger charge is -2.26. The normalized spacial score (nSPS) is 16.9. The lowest BCUT2D eigenvalue weighted by Crippen LogP contribution is -2.30. The van der Waals surface area contributed by atoms with Crippen LogP contribution >= 0.6 is 15.9 Å². The molecule has 1 saturated heterocycles. The van der Waals surface area contributed by atoms with Crippen LogP contribution in [0.4, 0.5) is 0 Å². The molecule has 1 unspecified atom stereocenters. The molecule has 0 aliphatic carbocycles. The molecule has 148 valence electrons. The minimum absolute atomic E-state index is 0.0336. The number of ether oxygens (including phenoxy) is 1. The van der Waals surface area contributed by atoms with Crippen molar-refractivity contribution in [2.45, 2.75) is 32.2 Å². The molecule has 3 rings (SSSR count). The SMILES string of the molecule is CC/C(=C\NN)c1ccc(C(=O)N2CCCC2c2cccc(Br)c2)cc1OC. The number of carbonyl (C=O) groups excluding carboxylic acids is 1. The van der Waals surface area contributed by atoms with Crippen LogP contribution in [-0.2, 0) is 0 Å². The molecule has 1 aliphatic rings. The molecule has 2 aromatic rings. The first-order valence-corrected chi connectivity index (χ1v) is 10.3. The maximum absolute atomic E-state index is 13.3. The highest BCUT2D eigenvalue weighted by atomic mass is 79.9. The fourth-order valence-corrected chi connectivity index (χ4v) is 4.21. The van der Waals surface area contributed by atoms with Crippen LogP contribution in [0.25, 0.3) is 5.57 Å². The minimum atomic E-state index is 0.0336. The van der Waals surface area contributed by atoms with Gasteiger partial charge in [0, 0.05) is 28.3 Å². The van der Waals surface area contributed by atoms with Crippen LogP contribution in [0.1, 0.15) is 53.7 Å². The average molecular weight is 444 g/mol. The Hall–Kier alpha value is -2.31. The van der Waals surface area contributed by atoms with E-state index in [1.807, 2.05) is 35.2 Å². The maximum Gasteiger partial charge on any atom is 0.254 e. The average Bonchev–Trinajstić information content (AvgIpc) is 3.21. The molecule has 0 saturated carbocycles. The Kier molecular flexibility index (Phi) is 6.75. The van der Waals surface area contributed by atoms with Crippen LogP contribution < -0.4 is 16.0 Å². The van der Waals surface area contributed by atoms with Gasteiger partial charge < -0.3 is 15.1 Å². The van der Waals surface area contributed by atoms with E-state index in [1.165, 1.54) is 0 Å². The number of nitrogens with zero attached hydrogens (tertiary/aromatic N) is 1. The van der Waals surface area contributed by atoms with Gasteiger partial charge in [0.1, 0.15) is 5.75 Å². The second kappa shape index (κ2) is 9.26. The van der Waals surface area contributed by atoms with Crippen molar-refractivity contribution in [1.82, 2.24) is 10.3 Å². The van der Waals surface area contributed by atoms with E-state index in [1.54, 1.807) is 13.3 Å². The van der Waals surface area contributed by atoms with Gasteiger partial charge >= 0.3 is 0 Å². The van der Waals surface area contributed by atoms with Crippen LogP contribution in [0.5, 0.6) is 5.75 Å².